The Balaban J connectivity index is 1.83. The van der Waals surface area contributed by atoms with E-state index in [0.717, 1.165) is 30.7 Å². The van der Waals surface area contributed by atoms with Gasteiger partial charge in [-0.15, -0.1) is 0 Å². The lowest BCUT2D eigenvalue weighted by molar-refractivity contribution is 0.0714. The average Bonchev–Trinajstić information content (AvgIpc) is 3.15. The Kier molecular flexibility index (Phi) is 3.73. The zero-order chi connectivity index (χ0) is 14.8. The molecule has 110 valence electrons. The van der Waals surface area contributed by atoms with Crippen molar-refractivity contribution in [2.45, 2.75) is 32.2 Å². The zero-order valence-corrected chi connectivity index (χ0v) is 11.9. The summed E-state index contributed by atoms with van der Waals surface area (Å²) in [5, 5.41) is 3.99. The van der Waals surface area contributed by atoms with Crippen molar-refractivity contribution in [3.05, 3.63) is 53.2 Å². The van der Waals surface area contributed by atoms with Gasteiger partial charge in [-0.1, -0.05) is 12.1 Å². The topological polar surface area (TPSA) is 46.3 Å². The lowest BCUT2D eigenvalue weighted by Crippen LogP contribution is -2.30. The Morgan fingerprint density at radius 1 is 1.43 bits per heavy atom. The minimum atomic E-state index is -0.340. The van der Waals surface area contributed by atoms with Crippen LogP contribution in [0.2, 0.25) is 0 Å². The fraction of sp³-hybridized carbons (Fsp3) is 0.375. The molecule has 1 aromatic carbocycles. The lowest BCUT2D eigenvalue weighted by atomic mass is 10.1. The van der Waals surface area contributed by atoms with Crippen LogP contribution in [0.25, 0.3) is 0 Å². The molecule has 5 heteroatoms. The summed E-state index contributed by atoms with van der Waals surface area (Å²) >= 11 is 0. The van der Waals surface area contributed by atoms with Crippen molar-refractivity contribution >= 4 is 5.91 Å². The summed E-state index contributed by atoms with van der Waals surface area (Å²) in [6.45, 7) is 2.70. The summed E-state index contributed by atoms with van der Waals surface area (Å²) in [6.07, 6.45) is 2.60. The number of likely N-dealkylation sites (tertiary alicyclic amines) is 1. The number of benzene rings is 1. The van der Waals surface area contributed by atoms with Gasteiger partial charge in [0, 0.05) is 18.2 Å². The summed E-state index contributed by atoms with van der Waals surface area (Å²) in [7, 11) is 0. The molecule has 0 bridgehead atoms. The molecule has 2 aromatic rings. The van der Waals surface area contributed by atoms with Gasteiger partial charge in [0.2, 0.25) is 0 Å². The van der Waals surface area contributed by atoms with E-state index in [4.69, 9.17) is 4.52 Å². The first kappa shape index (κ1) is 13.8. The molecule has 0 radical (unpaired) electrons. The van der Waals surface area contributed by atoms with E-state index in [2.05, 4.69) is 5.16 Å². The molecule has 0 saturated carbocycles. The van der Waals surface area contributed by atoms with Crippen molar-refractivity contribution in [1.82, 2.24) is 10.1 Å². The molecule has 0 aliphatic carbocycles. The third kappa shape index (κ3) is 2.68. The molecule has 0 N–H and O–H groups in total. The molecule has 1 aliphatic heterocycles. The van der Waals surface area contributed by atoms with Crippen LogP contribution in [0.1, 0.15) is 47.6 Å². The number of hydrogen-bond donors (Lipinski definition) is 0. The molecule has 1 amide bonds. The standard InChI is InChI=1S/C16H17FN2O2/c1-2-13-10-15(21-18-13)14-4-3-9-19(14)16(20)11-5-7-12(17)8-6-11/h5-8,10,14H,2-4,9H2,1H3/t14-/m0/s1. The third-order valence-corrected chi connectivity index (χ3v) is 3.87. The van der Waals surface area contributed by atoms with Crippen LogP contribution in [0.3, 0.4) is 0 Å². The largest absolute Gasteiger partial charge is 0.359 e. The van der Waals surface area contributed by atoms with Crippen molar-refractivity contribution in [1.29, 1.82) is 0 Å². The molecular weight excluding hydrogens is 271 g/mol. The Labute approximate surface area is 122 Å². The van der Waals surface area contributed by atoms with E-state index < -0.39 is 0 Å². The quantitative estimate of drug-likeness (QED) is 0.870. The molecule has 2 heterocycles. The van der Waals surface area contributed by atoms with Gasteiger partial charge in [0.05, 0.1) is 11.7 Å². The number of nitrogens with zero attached hydrogens (tertiary/aromatic N) is 2. The van der Waals surface area contributed by atoms with Crippen molar-refractivity contribution in [3.63, 3.8) is 0 Å². The van der Waals surface area contributed by atoms with Crippen molar-refractivity contribution in [2.75, 3.05) is 6.54 Å². The predicted octanol–water partition coefficient (Wildman–Crippen LogP) is 3.35. The van der Waals surface area contributed by atoms with Crippen LogP contribution in [-0.4, -0.2) is 22.5 Å². The van der Waals surface area contributed by atoms with Gasteiger partial charge in [0.1, 0.15) is 5.82 Å². The summed E-state index contributed by atoms with van der Waals surface area (Å²) in [5.41, 5.74) is 1.39. The first-order chi connectivity index (χ1) is 10.2. The summed E-state index contributed by atoms with van der Waals surface area (Å²) in [6, 6.07) is 7.50. The number of halogens is 1. The number of carbonyl (C=O) groups is 1. The maximum absolute atomic E-state index is 13.0. The van der Waals surface area contributed by atoms with Gasteiger partial charge in [-0.25, -0.2) is 4.39 Å². The summed E-state index contributed by atoms with van der Waals surface area (Å²) < 4.78 is 18.3. The Bertz CT molecular complexity index is 636. The fourth-order valence-corrected chi connectivity index (χ4v) is 2.72. The van der Waals surface area contributed by atoms with Gasteiger partial charge >= 0.3 is 0 Å². The van der Waals surface area contributed by atoms with Gasteiger partial charge in [0.15, 0.2) is 5.76 Å². The SMILES string of the molecule is CCc1cc([C@@H]2CCCN2C(=O)c2ccc(F)cc2)on1. The summed E-state index contributed by atoms with van der Waals surface area (Å²) in [5.74, 6) is 0.305. The maximum atomic E-state index is 13.0. The van der Waals surface area contributed by atoms with E-state index in [1.165, 1.54) is 24.3 Å². The molecular formula is C16H17FN2O2. The minimum absolute atomic E-state index is 0.0737. The normalized spacial score (nSPS) is 18.2. The van der Waals surface area contributed by atoms with Crippen LogP contribution in [0.15, 0.2) is 34.9 Å². The smallest absolute Gasteiger partial charge is 0.254 e. The molecule has 21 heavy (non-hydrogen) atoms. The average molecular weight is 288 g/mol. The molecule has 1 atom stereocenters. The highest BCUT2D eigenvalue weighted by atomic mass is 19.1. The van der Waals surface area contributed by atoms with Crippen LogP contribution in [0.4, 0.5) is 4.39 Å². The number of rotatable bonds is 3. The van der Waals surface area contributed by atoms with Crippen LogP contribution in [0, 0.1) is 5.82 Å². The van der Waals surface area contributed by atoms with Crippen molar-refractivity contribution < 1.29 is 13.7 Å². The predicted molar refractivity (Wildman–Crippen MR) is 75.3 cm³/mol. The molecule has 1 aromatic heterocycles. The van der Waals surface area contributed by atoms with Gasteiger partial charge in [-0.05, 0) is 43.5 Å². The van der Waals surface area contributed by atoms with E-state index in [-0.39, 0.29) is 17.8 Å². The second-order valence-corrected chi connectivity index (χ2v) is 5.24. The van der Waals surface area contributed by atoms with Crippen LogP contribution < -0.4 is 0 Å². The number of aryl methyl sites for hydroxylation is 1. The maximum Gasteiger partial charge on any atom is 0.254 e. The van der Waals surface area contributed by atoms with Crippen LogP contribution in [0.5, 0.6) is 0 Å². The molecule has 0 unspecified atom stereocenters. The van der Waals surface area contributed by atoms with Crippen LogP contribution in [-0.2, 0) is 6.42 Å². The van der Waals surface area contributed by atoms with Gasteiger partial charge in [0.25, 0.3) is 5.91 Å². The monoisotopic (exact) mass is 288 g/mol. The Hall–Kier alpha value is -2.17. The minimum Gasteiger partial charge on any atom is -0.359 e. The molecule has 1 fully saturated rings. The highest BCUT2D eigenvalue weighted by Crippen LogP contribution is 2.33. The summed E-state index contributed by atoms with van der Waals surface area (Å²) in [4.78, 5) is 14.3. The number of hydrogen-bond acceptors (Lipinski definition) is 3. The molecule has 0 spiro atoms. The van der Waals surface area contributed by atoms with Gasteiger partial charge < -0.3 is 9.42 Å². The van der Waals surface area contributed by atoms with Crippen molar-refractivity contribution in [3.8, 4) is 0 Å². The fourth-order valence-electron chi connectivity index (χ4n) is 2.72. The first-order valence-corrected chi connectivity index (χ1v) is 7.21. The van der Waals surface area contributed by atoms with E-state index in [0.29, 0.717) is 12.1 Å². The lowest BCUT2D eigenvalue weighted by Gasteiger charge is -2.22. The molecule has 4 nitrogen and oxygen atoms in total. The molecule has 1 saturated heterocycles. The van der Waals surface area contributed by atoms with Crippen molar-refractivity contribution in [2.24, 2.45) is 0 Å². The second-order valence-electron chi connectivity index (χ2n) is 5.24. The Morgan fingerprint density at radius 2 is 2.19 bits per heavy atom. The number of carbonyl (C=O) groups excluding carboxylic acids is 1. The Morgan fingerprint density at radius 3 is 2.86 bits per heavy atom. The third-order valence-electron chi connectivity index (χ3n) is 3.87. The molecule has 1 aliphatic rings. The van der Waals surface area contributed by atoms with E-state index in [1.54, 1.807) is 4.90 Å². The second kappa shape index (κ2) is 5.68. The van der Waals surface area contributed by atoms with E-state index in [9.17, 15) is 9.18 Å². The van der Waals surface area contributed by atoms with Gasteiger partial charge in [-0.2, -0.15) is 0 Å². The number of amides is 1. The highest BCUT2D eigenvalue weighted by Gasteiger charge is 2.33. The van der Waals surface area contributed by atoms with Crippen LogP contribution >= 0.6 is 0 Å². The highest BCUT2D eigenvalue weighted by molar-refractivity contribution is 5.94. The zero-order valence-electron chi connectivity index (χ0n) is 11.9. The molecule has 3 rings (SSSR count). The van der Waals surface area contributed by atoms with Gasteiger partial charge in [-0.3, -0.25) is 4.79 Å². The number of aromatic nitrogens is 1. The van der Waals surface area contributed by atoms with E-state index in [1.807, 2.05) is 13.0 Å². The first-order valence-electron chi connectivity index (χ1n) is 7.21. The van der Waals surface area contributed by atoms with E-state index >= 15 is 0 Å².